The molecule has 0 aromatic heterocycles. The second-order valence-corrected chi connectivity index (χ2v) is 6.18. The maximum atomic E-state index is 12.0. The molecular weight excluding hydrogens is 332 g/mol. The van der Waals surface area contributed by atoms with Crippen LogP contribution in [-0.2, 0) is 9.59 Å². The number of amides is 2. The second kappa shape index (κ2) is 8.89. The summed E-state index contributed by atoms with van der Waals surface area (Å²) in [5.41, 5.74) is 2.92. The lowest BCUT2D eigenvalue weighted by Gasteiger charge is -2.12. The van der Waals surface area contributed by atoms with Gasteiger partial charge in [0, 0.05) is 19.8 Å². The number of likely N-dealkylation sites (N-methyl/N-ethyl adjacent to an activating group) is 1. The van der Waals surface area contributed by atoms with E-state index in [1.165, 1.54) is 10.5 Å². The van der Waals surface area contributed by atoms with Gasteiger partial charge < -0.3 is 19.7 Å². The lowest BCUT2D eigenvalue weighted by molar-refractivity contribution is -0.130. The first kappa shape index (κ1) is 19.3. The fourth-order valence-electron chi connectivity index (χ4n) is 2.06. The number of carbonyl (C=O) groups is 2. The normalized spacial score (nSPS) is 10.2. The van der Waals surface area contributed by atoms with Gasteiger partial charge in [0.05, 0.1) is 0 Å². The van der Waals surface area contributed by atoms with Gasteiger partial charge in [-0.05, 0) is 61.4 Å². The number of carbonyl (C=O) groups excluding carboxylic acids is 2. The highest BCUT2D eigenvalue weighted by atomic mass is 16.5. The van der Waals surface area contributed by atoms with E-state index in [4.69, 9.17) is 9.47 Å². The summed E-state index contributed by atoms with van der Waals surface area (Å²) in [7, 11) is 3.34. The Morgan fingerprint density at radius 2 is 1.50 bits per heavy atom. The lowest BCUT2D eigenvalue weighted by atomic mass is 10.1. The zero-order valence-electron chi connectivity index (χ0n) is 15.5. The van der Waals surface area contributed by atoms with Crippen molar-refractivity contribution in [1.82, 2.24) is 4.90 Å². The summed E-state index contributed by atoms with van der Waals surface area (Å²) in [4.78, 5) is 24.9. The minimum atomic E-state index is -0.250. The molecule has 138 valence electrons. The molecule has 2 rings (SSSR count). The van der Waals surface area contributed by atoms with Crippen LogP contribution in [0.15, 0.2) is 42.5 Å². The number of benzene rings is 2. The summed E-state index contributed by atoms with van der Waals surface area (Å²) in [6.45, 7) is 3.92. The van der Waals surface area contributed by atoms with Crippen LogP contribution in [0.2, 0.25) is 0 Å². The molecule has 0 saturated carbocycles. The first-order chi connectivity index (χ1) is 12.3. The molecule has 0 spiro atoms. The highest BCUT2D eigenvalue weighted by molar-refractivity contribution is 5.91. The maximum Gasteiger partial charge on any atom is 0.262 e. The Labute approximate surface area is 153 Å². The Kier molecular flexibility index (Phi) is 6.60. The Hall–Kier alpha value is -3.02. The number of hydrogen-bond donors (Lipinski definition) is 1. The van der Waals surface area contributed by atoms with Crippen molar-refractivity contribution < 1.29 is 19.1 Å². The van der Waals surface area contributed by atoms with Gasteiger partial charge in [-0.25, -0.2) is 0 Å². The van der Waals surface area contributed by atoms with Crippen LogP contribution in [0.5, 0.6) is 11.5 Å². The number of ether oxygens (including phenoxy) is 2. The van der Waals surface area contributed by atoms with Crippen molar-refractivity contribution in [2.24, 2.45) is 0 Å². The average Bonchev–Trinajstić information content (AvgIpc) is 2.61. The zero-order chi connectivity index (χ0) is 19.1. The standard InChI is InChI=1S/C20H24N2O4/c1-14-5-8-18(11-15(14)2)25-12-19(23)21-16-6-9-17(10-7-16)26-13-20(24)22(3)4/h5-11H,12-13H2,1-4H3,(H,21,23). The Morgan fingerprint density at radius 3 is 2.12 bits per heavy atom. The molecule has 2 aromatic carbocycles. The molecule has 2 aromatic rings. The molecule has 0 saturated heterocycles. The number of nitrogens with one attached hydrogen (secondary N) is 1. The lowest BCUT2D eigenvalue weighted by Crippen LogP contribution is -2.27. The van der Waals surface area contributed by atoms with Gasteiger partial charge in [0.1, 0.15) is 11.5 Å². The average molecular weight is 356 g/mol. The Balaban J connectivity index is 1.81. The fraction of sp³-hybridized carbons (Fsp3) is 0.300. The van der Waals surface area contributed by atoms with E-state index in [-0.39, 0.29) is 25.0 Å². The fourth-order valence-corrected chi connectivity index (χ4v) is 2.06. The monoisotopic (exact) mass is 356 g/mol. The van der Waals surface area contributed by atoms with Crippen LogP contribution in [0, 0.1) is 13.8 Å². The molecule has 0 radical (unpaired) electrons. The molecule has 2 amide bonds. The quantitative estimate of drug-likeness (QED) is 0.828. The van der Waals surface area contributed by atoms with Gasteiger partial charge in [-0.2, -0.15) is 0 Å². The van der Waals surface area contributed by atoms with Gasteiger partial charge in [0.25, 0.3) is 11.8 Å². The molecule has 0 heterocycles. The summed E-state index contributed by atoms with van der Waals surface area (Å²) in [6.07, 6.45) is 0. The van der Waals surface area contributed by atoms with E-state index >= 15 is 0 Å². The van der Waals surface area contributed by atoms with Gasteiger partial charge in [0.2, 0.25) is 0 Å². The van der Waals surface area contributed by atoms with Crippen LogP contribution in [-0.4, -0.2) is 44.0 Å². The SMILES string of the molecule is Cc1ccc(OCC(=O)Nc2ccc(OCC(=O)N(C)C)cc2)cc1C. The van der Waals surface area contributed by atoms with Gasteiger partial charge in [0.15, 0.2) is 13.2 Å². The number of aryl methyl sites for hydroxylation is 2. The third-order valence-electron chi connectivity index (χ3n) is 3.85. The molecular formula is C20H24N2O4. The topological polar surface area (TPSA) is 67.9 Å². The molecule has 0 bridgehead atoms. The van der Waals surface area contributed by atoms with Crippen molar-refractivity contribution in [3.05, 3.63) is 53.6 Å². The molecule has 6 nitrogen and oxygen atoms in total. The van der Waals surface area contributed by atoms with E-state index in [1.807, 2.05) is 32.0 Å². The first-order valence-electron chi connectivity index (χ1n) is 8.28. The highest BCUT2D eigenvalue weighted by Crippen LogP contribution is 2.17. The van der Waals surface area contributed by atoms with Crippen molar-refractivity contribution in [3.8, 4) is 11.5 Å². The molecule has 0 aliphatic rings. The van der Waals surface area contributed by atoms with Crippen LogP contribution in [0.4, 0.5) is 5.69 Å². The predicted octanol–water partition coefficient (Wildman–Crippen LogP) is 2.79. The van der Waals surface area contributed by atoms with Crippen LogP contribution >= 0.6 is 0 Å². The van der Waals surface area contributed by atoms with E-state index in [2.05, 4.69) is 5.32 Å². The minimum absolute atomic E-state index is 0.0253. The van der Waals surface area contributed by atoms with Gasteiger partial charge in [-0.3, -0.25) is 9.59 Å². The van der Waals surface area contributed by atoms with Crippen LogP contribution in [0.25, 0.3) is 0 Å². The predicted molar refractivity (Wildman–Crippen MR) is 101 cm³/mol. The van der Waals surface area contributed by atoms with Gasteiger partial charge >= 0.3 is 0 Å². The molecule has 26 heavy (non-hydrogen) atoms. The van der Waals surface area contributed by atoms with Gasteiger partial charge in [-0.1, -0.05) is 6.07 Å². The number of anilines is 1. The van der Waals surface area contributed by atoms with Crippen molar-refractivity contribution in [3.63, 3.8) is 0 Å². The Morgan fingerprint density at radius 1 is 0.885 bits per heavy atom. The molecule has 0 aliphatic heterocycles. The Bertz CT molecular complexity index is 770. The summed E-state index contributed by atoms with van der Waals surface area (Å²) in [5.74, 6) is 0.854. The van der Waals surface area contributed by atoms with Crippen LogP contribution in [0.3, 0.4) is 0 Å². The summed E-state index contributed by atoms with van der Waals surface area (Å²) in [6, 6.07) is 12.5. The van der Waals surface area contributed by atoms with E-state index in [9.17, 15) is 9.59 Å². The third kappa shape index (κ3) is 5.81. The summed E-state index contributed by atoms with van der Waals surface area (Å²) >= 11 is 0. The van der Waals surface area contributed by atoms with Crippen LogP contribution in [0.1, 0.15) is 11.1 Å². The largest absolute Gasteiger partial charge is 0.484 e. The smallest absolute Gasteiger partial charge is 0.262 e. The van der Waals surface area contributed by atoms with Crippen molar-refractivity contribution in [2.75, 3.05) is 32.6 Å². The molecule has 6 heteroatoms. The van der Waals surface area contributed by atoms with E-state index < -0.39 is 0 Å². The second-order valence-electron chi connectivity index (χ2n) is 6.18. The highest BCUT2D eigenvalue weighted by Gasteiger charge is 2.07. The molecule has 0 unspecified atom stereocenters. The van der Waals surface area contributed by atoms with E-state index in [1.54, 1.807) is 38.4 Å². The maximum absolute atomic E-state index is 12.0. The van der Waals surface area contributed by atoms with E-state index in [0.29, 0.717) is 17.2 Å². The van der Waals surface area contributed by atoms with Crippen molar-refractivity contribution in [2.45, 2.75) is 13.8 Å². The van der Waals surface area contributed by atoms with E-state index in [0.717, 1.165) is 5.56 Å². The number of rotatable bonds is 7. The minimum Gasteiger partial charge on any atom is -0.484 e. The zero-order valence-corrected chi connectivity index (χ0v) is 15.5. The van der Waals surface area contributed by atoms with Crippen molar-refractivity contribution in [1.29, 1.82) is 0 Å². The third-order valence-corrected chi connectivity index (χ3v) is 3.85. The molecule has 1 N–H and O–H groups in total. The molecule has 0 atom stereocenters. The van der Waals surface area contributed by atoms with Crippen LogP contribution < -0.4 is 14.8 Å². The number of hydrogen-bond acceptors (Lipinski definition) is 4. The van der Waals surface area contributed by atoms with Crippen molar-refractivity contribution >= 4 is 17.5 Å². The molecule has 0 aliphatic carbocycles. The summed E-state index contributed by atoms with van der Waals surface area (Å²) < 4.78 is 10.9. The molecule has 0 fully saturated rings. The number of nitrogens with zero attached hydrogens (tertiary/aromatic N) is 1. The van der Waals surface area contributed by atoms with Gasteiger partial charge in [-0.15, -0.1) is 0 Å². The summed E-state index contributed by atoms with van der Waals surface area (Å²) in [5, 5.41) is 2.75. The first-order valence-corrected chi connectivity index (χ1v) is 8.28.